The molecule has 1 rings (SSSR count). The summed E-state index contributed by atoms with van der Waals surface area (Å²) in [6.07, 6.45) is 0. The van der Waals surface area contributed by atoms with Crippen LogP contribution in [0.3, 0.4) is 0 Å². The zero-order valence-electron chi connectivity index (χ0n) is 6.29. The standard InChI is InChI=1S/C8H11NS/c1-7(9(2)3)8-5-4-6-10-8/h4-6H,1H2,2-3H3. The fourth-order valence-electron chi connectivity index (χ4n) is 0.663. The van der Waals surface area contributed by atoms with Crippen LogP contribution in [-0.4, -0.2) is 19.0 Å². The Morgan fingerprint density at radius 1 is 1.60 bits per heavy atom. The third-order valence-corrected chi connectivity index (χ3v) is 2.26. The van der Waals surface area contributed by atoms with Gasteiger partial charge in [-0.1, -0.05) is 12.6 Å². The van der Waals surface area contributed by atoms with Gasteiger partial charge in [-0.25, -0.2) is 0 Å². The average molecular weight is 153 g/mol. The second-order valence-electron chi connectivity index (χ2n) is 2.32. The molecule has 0 aliphatic rings. The summed E-state index contributed by atoms with van der Waals surface area (Å²) in [4.78, 5) is 3.26. The van der Waals surface area contributed by atoms with E-state index in [0.29, 0.717) is 0 Å². The first kappa shape index (κ1) is 7.35. The Morgan fingerprint density at radius 2 is 2.30 bits per heavy atom. The van der Waals surface area contributed by atoms with Crippen LogP contribution in [0.25, 0.3) is 5.70 Å². The van der Waals surface area contributed by atoms with E-state index in [4.69, 9.17) is 0 Å². The summed E-state index contributed by atoms with van der Waals surface area (Å²) < 4.78 is 0. The molecule has 0 aromatic carbocycles. The molecule has 1 heterocycles. The third-order valence-electron chi connectivity index (χ3n) is 1.35. The molecule has 0 radical (unpaired) electrons. The quantitative estimate of drug-likeness (QED) is 0.630. The van der Waals surface area contributed by atoms with E-state index in [1.807, 2.05) is 25.1 Å². The summed E-state index contributed by atoms with van der Waals surface area (Å²) in [6, 6.07) is 4.11. The highest BCUT2D eigenvalue weighted by Gasteiger charge is 1.99. The van der Waals surface area contributed by atoms with Crippen molar-refractivity contribution in [3.8, 4) is 0 Å². The van der Waals surface area contributed by atoms with Crippen LogP contribution in [0.2, 0.25) is 0 Å². The predicted molar refractivity (Wildman–Crippen MR) is 47.0 cm³/mol. The Balaban J connectivity index is 2.78. The van der Waals surface area contributed by atoms with Crippen molar-refractivity contribution >= 4 is 17.0 Å². The average Bonchev–Trinajstić information content (AvgIpc) is 2.36. The minimum absolute atomic E-state index is 1.08. The summed E-state index contributed by atoms with van der Waals surface area (Å²) in [5.74, 6) is 0. The fraction of sp³-hybridized carbons (Fsp3) is 0.250. The highest BCUT2D eigenvalue weighted by molar-refractivity contribution is 7.11. The monoisotopic (exact) mass is 153 g/mol. The molecule has 1 nitrogen and oxygen atoms in total. The van der Waals surface area contributed by atoms with Crippen molar-refractivity contribution in [1.29, 1.82) is 0 Å². The van der Waals surface area contributed by atoms with Crippen LogP contribution >= 0.6 is 11.3 Å². The fourth-order valence-corrected chi connectivity index (χ4v) is 1.44. The summed E-state index contributed by atoms with van der Waals surface area (Å²) in [6.45, 7) is 3.93. The van der Waals surface area contributed by atoms with Gasteiger partial charge in [0.15, 0.2) is 0 Å². The normalized spacial score (nSPS) is 9.40. The van der Waals surface area contributed by atoms with Gasteiger partial charge in [0.05, 0.1) is 0 Å². The van der Waals surface area contributed by atoms with Gasteiger partial charge in [0.2, 0.25) is 0 Å². The third kappa shape index (κ3) is 1.39. The molecular formula is C8H11NS. The molecule has 54 valence electrons. The van der Waals surface area contributed by atoms with E-state index < -0.39 is 0 Å². The van der Waals surface area contributed by atoms with Crippen LogP contribution in [0.15, 0.2) is 24.1 Å². The molecule has 0 saturated carbocycles. The van der Waals surface area contributed by atoms with Crippen molar-refractivity contribution in [1.82, 2.24) is 4.90 Å². The lowest BCUT2D eigenvalue weighted by Gasteiger charge is -2.13. The van der Waals surface area contributed by atoms with E-state index in [2.05, 4.69) is 18.0 Å². The molecule has 2 heteroatoms. The Morgan fingerprint density at radius 3 is 2.70 bits per heavy atom. The van der Waals surface area contributed by atoms with Crippen LogP contribution in [0.1, 0.15) is 4.88 Å². The molecule has 0 amide bonds. The van der Waals surface area contributed by atoms with Gasteiger partial charge >= 0.3 is 0 Å². The Hall–Kier alpha value is -0.760. The molecule has 0 aliphatic carbocycles. The highest BCUT2D eigenvalue weighted by Crippen LogP contribution is 2.19. The first-order valence-electron chi connectivity index (χ1n) is 3.12. The first-order valence-corrected chi connectivity index (χ1v) is 4.00. The maximum atomic E-state index is 3.93. The molecule has 10 heavy (non-hydrogen) atoms. The van der Waals surface area contributed by atoms with Gasteiger partial charge in [0, 0.05) is 24.7 Å². The molecule has 0 atom stereocenters. The molecule has 0 N–H and O–H groups in total. The van der Waals surface area contributed by atoms with Crippen LogP contribution in [0.4, 0.5) is 0 Å². The molecule has 0 aliphatic heterocycles. The number of thiophene rings is 1. The van der Waals surface area contributed by atoms with E-state index in [1.165, 1.54) is 4.88 Å². The zero-order chi connectivity index (χ0) is 7.56. The summed E-state index contributed by atoms with van der Waals surface area (Å²) >= 11 is 1.72. The summed E-state index contributed by atoms with van der Waals surface area (Å²) in [7, 11) is 4.00. The van der Waals surface area contributed by atoms with Crippen LogP contribution in [-0.2, 0) is 0 Å². The first-order chi connectivity index (χ1) is 4.72. The lowest BCUT2D eigenvalue weighted by molar-refractivity contribution is 0.595. The van der Waals surface area contributed by atoms with Crippen LogP contribution in [0, 0.1) is 0 Å². The predicted octanol–water partition coefficient (Wildman–Crippen LogP) is 2.28. The highest BCUT2D eigenvalue weighted by atomic mass is 32.1. The number of hydrogen-bond acceptors (Lipinski definition) is 2. The molecule has 0 unspecified atom stereocenters. The molecule has 0 spiro atoms. The smallest absolute Gasteiger partial charge is 0.0497 e. The van der Waals surface area contributed by atoms with E-state index in [-0.39, 0.29) is 0 Å². The van der Waals surface area contributed by atoms with Gasteiger partial charge < -0.3 is 4.90 Å². The number of nitrogens with zero attached hydrogens (tertiary/aromatic N) is 1. The van der Waals surface area contributed by atoms with E-state index in [1.54, 1.807) is 11.3 Å². The van der Waals surface area contributed by atoms with Crippen LogP contribution in [0.5, 0.6) is 0 Å². The SMILES string of the molecule is C=C(c1cccs1)N(C)C. The lowest BCUT2D eigenvalue weighted by atomic mass is 10.4. The Kier molecular flexibility index (Phi) is 2.12. The van der Waals surface area contributed by atoms with Gasteiger partial charge in [-0.15, -0.1) is 11.3 Å². The Labute approximate surface area is 65.6 Å². The van der Waals surface area contributed by atoms with Crippen molar-refractivity contribution < 1.29 is 0 Å². The molecule has 0 bridgehead atoms. The van der Waals surface area contributed by atoms with Crippen molar-refractivity contribution in [3.63, 3.8) is 0 Å². The minimum Gasteiger partial charge on any atom is -0.377 e. The molecular weight excluding hydrogens is 142 g/mol. The van der Waals surface area contributed by atoms with Gasteiger partial charge in [-0.2, -0.15) is 0 Å². The number of rotatable bonds is 2. The van der Waals surface area contributed by atoms with Gasteiger partial charge in [0.1, 0.15) is 0 Å². The second kappa shape index (κ2) is 2.88. The zero-order valence-corrected chi connectivity index (χ0v) is 7.11. The van der Waals surface area contributed by atoms with Crippen LogP contribution < -0.4 is 0 Å². The van der Waals surface area contributed by atoms with Crippen molar-refractivity contribution in [2.75, 3.05) is 14.1 Å². The van der Waals surface area contributed by atoms with Crippen molar-refractivity contribution in [2.45, 2.75) is 0 Å². The largest absolute Gasteiger partial charge is 0.377 e. The van der Waals surface area contributed by atoms with Crippen molar-refractivity contribution in [2.24, 2.45) is 0 Å². The maximum absolute atomic E-state index is 3.93. The molecule has 1 aromatic heterocycles. The second-order valence-corrected chi connectivity index (χ2v) is 3.27. The molecule has 0 saturated heterocycles. The van der Waals surface area contributed by atoms with Gasteiger partial charge in [0.25, 0.3) is 0 Å². The lowest BCUT2D eigenvalue weighted by Crippen LogP contribution is -2.07. The Bertz CT molecular complexity index is 211. The van der Waals surface area contributed by atoms with Gasteiger partial charge in [-0.05, 0) is 11.4 Å². The van der Waals surface area contributed by atoms with Gasteiger partial charge in [-0.3, -0.25) is 0 Å². The summed E-state index contributed by atoms with van der Waals surface area (Å²) in [5.41, 5.74) is 1.08. The van der Waals surface area contributed by atoms with E-state index in [9.17, 15) is 0 Å². The molecule has 0 fully saturated rings. The number of hydrogen-bond donors (Lipinski definition) is 0. The van der Waals surface area contributed by atoms with Crippen molar-refractivity contribution in [3.05, 3.63) is 29.0 Å². The molecule has 1 aromatic rings. The van der Waals surface area contributed by atoms with E-state index in [0.717, 1.165) is 5.70 Å². The van der Waals surface area contributed by atoms with E-state index >= 15 is 0 Å². The maximum Gasteiger partial charge on any atom is 0.0497 e. The summed E-state index contributed by atoms with van der Waals surface area (Å²) in [5, 5.41) is 2.06. The topological polar surface area (TPSA) is 3.24 Å². The minimum atomic E-state index is 1.08.